The highest BCUT2D eigenvalue weighted by atomic mass is 32.2. The Labute approximate surface area is 161 Å². The van der Waals surface area contributed by atoms with Crippen LogP contribution in [0.1, 0.15) is 34.5 Å². The molecule has 1 unspecified atom stereocenters. The van der Waals surface area contributed by atoms with Gasteiger partial charge in [0.05, 0.1) is 22.5 Å². The van der Waals surface area contributed by atoms with E-state index in [1.54, 1.807) is 35.9 Å². The Kier molecular flexibility index (Phi) is 5.23. The zero-order valence-electron chi connectivity index (χ0n) is 15.6. The smallest absolute Gasteiger partial charge is 0.337 e. The number of nitrogens with one attached hydrogen (secondary N) is 1. The van der Waals surface area contributed by atoms with Gasteiger partial charge in [0.2, 0.25) is 0 Å². The fourth-order valence-corrected chi connectivity index (χ4v) is 3.69. The average molecular weight is 383 g/mol. The van der Waals surface area contributed by atoms with Crippen molar-refractivity contribution in [2.45, 2.75) is 25.0 Å². The highest BCUT2D eigenvalue weighted by Gasteiger charge is 2.18. The molecule has 27 heavy (non-hydrogen) atoms. The Hall–Kier alpha value is -2.80. The van der Waals surface area contributed by atoms with Crippen LogP contribution in [0.4, 0.5) is 5.69 Å². The number of anilines is 1. The van der Waals surface area contributed by atoms with Gasteiger partial charge in [0.25, 0.3) is 5.56 Å². The Morgan fingerprint density at radius 3 is 2.67 bits per heavy atom. The third-order valence-electron chi connectivity index (χ3n) is 4.49. The molecule has 1 aromatic heterocycles. The van der Waals surface area contributed by atoms with E-state index in [1.807, 2.05) is 32.2 Å². The molecule has 1 atom stereocenters. The molecule has 6 nitrogen and oxygen atoms in total. The van der Waals surface area contributed by atoms with Crippen molar-refractivity contribution >= 4 is 34.3 Å². The van der Waals surface area contributed by atoms with Crippen molar-refractivity contribution in [3.05, 3.63) is 63.4 Å². The number of thioether (sulfide) groups is 1. The molecule has 0 saturated carbocycles. The van der Waals surface area contributed by atoms with Gasteiger partial charge < -0.3 is 10.4 Å². The Morgan fingerprint density at radius 2 is 2.00 bits per heavy atom. The van der Waals surface area contributed by atoms with Crippen LogP contribution in [0.3, 0.4) is 0 Å². The summed E-state index contributed by atoms with van der Waals surface area (Å²) in [6.45, 7) is 3.87. The standard InChI is InChI=1S/C20H21N3O3S/c1-11-9-14(12(2)21-16-8-6-5-7-13(16)19(25)26)17-15(10-11)18(24)23(3)20(22-17)27-4/h5-10,12,21H,1-4H3,(H,25,26). The summed E-state index contributed by atoms with van der Waals surface area (Å²) >= 11 is 1.41. The molecule has 140 valence electrons. The summed E-state index contributed by atoms with van der Waals surface area (Å²) in [6, 6.07) is 10.4. The number of carboxylic acid groups (broad SMARTS) is 1. The van der Waals surface area contributed by atoms with Gasteiger partial charge in [-0.15, -0.1) is 0 Å². The summed E-state index contributed by atoms with van der Waals surface area (Å²) in [5.74, 6) is -0.990. The molecule has 1 heterocycles. The fourth-order valence-electron chi connectivity index (χ4n) is 3.15. The summed E-state index contributed by atoms with van der Waals surface area (Å²) in [5.41, 5.74) is 3.09. The van der Waals surface area contributed by atoms with Crippen LogP contribution in [-0.4, -0.2) is 26.9 Å². The number of benzene rings is 2. The van der Waals surface area contributed by atoms with Gasteiger partial charge in [-0.2, -0.15) is 0 Å². The SMILES string of the molecule is CSc1nc2c(C(C)Nc3ccccc3C(=O)O)cc(C)cc2c(=O)n1C. The molecular formula is C20H21N3O3S. The highest BCUT2D eigenvalue weighted by Crippen LogP contribution is 2.28. The molecule has 3 aromatic rings. The molecule has 3 rings (SSSR count). The van der Waals surface area contributed by atoms with Crippen molar-refractivity contribution < 1.29 is 9.90 Å². The summed E-state index contributed by atoms with van der Waals surface area (Å²) in [5, 5.41) is 13.9. The Bertz CT molecular complexity index is 1090. The molecule has 0 aliphatic rings. The van der Waals surface area contributed by atoms with E-state index < -0.39 is 5.97 Å². The summed E-state index contributed by atoms with van der Waals surface area (Å²) in [6.07, 6.45) is 1.88. The van der Waals surface area contributed by atoms with Gasteiger partial charge >= 0.3 is 5.97 Å². The van der Waals surface area contributed by atoms with Crippen LogP contribution in [0.2, 0.25) is 0 Å². The normalized spacial score (nSPS) is 12.1. The largest absolute Gasteiger partial charge is 0.478 e. The lowest BCUT2D eigenvalue weighted by molar-refractivity contribution is 0.0698. The molecular weight excluding hydrogens is 362 g/mol. The minimum Gasteiger partial charge on any atom is -0.478 e. The van der Waals surface area contributed by atoms with Crippen molar-refractivity contribution in [3.8, 4) is 0 Å². The number of carboxylic acids is 1. The number of carbonyl (C=O) groups is 1. The number of aromatic nitrogens is 2. The third-order valence-corrected chi connectivity index (χ3v) is 5.22. The maximum Gasteiger partial charge on any atom is 0.337 e. The van der Waals surface area contributed by atoms with E-state index in [2.05, 4.69) is 10.3 Å². The average Bonchev–Trinajstić information content (AvgIpc) is 2.64. The second-order valence-corrected chi connectivity index (χ2v) is 7.20. The number of nitrogens with zero attached hydrogens (tertiary/aromatic N) is 2. The number of rotatable bonds is 5. The van der Waals surface area contributed by atoms with Gasteiger partial charge in [0, 0.05) is 18.3 Å². The lowest BCUT2D eigenvalue weighted by Gasteiger charge is -2.20. The van der Waals surface area contributed by atoms with Crippen molar-refractivity contribution in [1.82, 2.24) is 9.55 Å². The predicted molar refractivity (Wildman–Crippen MR) is 109 cm³/mol. The number of aryl methyl sites for hydroxylation is 1. The van der Waals surface area contributed by atoms with Gasteiger partial charge in [0.1, 0.15) is 0 Å². The summed E-state index contributed by atoms with van der Waals surface area (Å²) in [7, 11) is 1.72. The topological polar surface area (TPSA) is 84.2 Å². The first-order valence-corrected chi connectivity index (χ1v) is 9.70. The Balaban J connectivity index is 2.15. The lowest BCUT2D eigenvalue weighted by atomic mass is 10.0. The van der Waals surface area contributed by atoms with Crippen LogP contribution >= 0.6 is 11.8 Å². The second kappa shape index (κ2) is 7.44. The molecule has 0 bridgehead atoms. The molecule has 2 aromatic carbocycles. The molecule has 0 amide bonds. The fraction of sp³-hybridized carbons (Fsp3) is 0.250. The van der Waals surface area contributed by atoms with Gasteiger partial charge in [-0.1, -0.05) is 30.0 Å². The van der Waals surface area contributed by atoms with E-state index >= 15 is 0 Å². The molecule has 2 N–H and O–H groups in total. The van der Waals surface area contributed by atoms with Crippen LogP contribution in [0.15, 0.2) is 46.3 Å². The molecule has 0 saturated heterocycles. The number of para-hydroxylation sites is 1. The van der Waals surface area contributed by atoms with Gasteiger partial charge in [0.15, 0.2) is 5.16 Å². The van der Waals surface area contributed by atoms with Crippen molar-refractivity contribution in [3.63, 3.8) is 0 Å². The number of aromatic carboxylic acids is 1. The van der Waals surface area contributed by atoms with Crippen LogP contribution in [0.5, 0.6) is 0 Å². The van der Waals surface area contributed by atoms with Gasteiger partial charge in [-0.3, -0.25) is 9.36 Å². The maximum absolute atomic E-state index is 12.7. The van der Waals surface area contributed by atoms with Crippen LogP contribution in [0.25, 0.3) is 10.9 Å². The zero-order chi connectivity index (χ0) is 19.7. The van der Waals surface area contributed by atoms with Crippen molar-refractivity contribution in [2.24, 2.45) is 7.05 Å². The molecule has 0 aliphatic heterocycles. The number of hydrogen-bond donors (Lipinski definition) is 2. The van der Waals surface area contributed by atoms with E-state index in [0.717, 1.165) is 11.1 Å². The predicted octanol–water partition coefficient (Wildman–Crippen LogP) is 3.84. The number of hydrogen-bond acceptors (Lipinski definition) is 5. The van der Waals surface area contributed by atoms with E-state index in [4.69, 9.17) is 0 Å². The molecule has 7 heteroatoms. The Morgan fingerprint density at radius 1 is 1.30 bits per heavy atom. The van der Waals surface area contributed by atoms with E-state index in [-0.39, 0.29) is 17.2 Å². The minimum atomic E-state index is -0.990. The number of fused-ring (bicyclic) bond motifs is 1. The van der Waals surface area contributed by atoms with E-state index in [9.17, 15) is 14.7 Å². The van der Waals surface area contributed by atoms with E-state index in [0.29, 0.717) is 21.7 Å². The highest BCUT2D eigenvalue weighted by molar-refractivity contribution is 7.98. The van der Waals surface area contributed by atoms with Crippen LogP contribution in [0, 0.1) is 6.92 Å². The first kappa shape index (κ1) is 19.0. The van der Waals surface area contributed by atoms with Gasteiger partial charge in [-0.05, 0) is 43.9 Å². The van der Waals surface area contributed by atoms with Crippen molar-refractivity contribution in [1.29, 1.82) is 0 Å². The zero-order valence-corrected chi connectivity index (χ0v) is 16.4. The molecule has 0 spiro atoms. The quantitative estimate of drug-likeness (QED) is 0.514. The first-order valence-electron chi connectivity index (χ1n) is 8.47. The minimum absolute atomic E-state index is 0.0903. The van der Waals surface area contributed by atoms with Gasteiger partial charge in [-0.25, -0.2) is 9.78 Å². The molecule has 0 aliphatic carbocycles. The summed E-state index contributed by atoms with van der Waals surface area (Å²) in [4.78, 5) is 28.9. The lowest BCUT2D eigenvalue weighted by Crippen LogP contribution is -2.21. The van der Waals surface area contributed by atoms with Crippen LogP contribution < -0.4 is 10.9 Å². The molecule has 0 radical (unpaired) electrons. The summed E-state index contributed by atoms with van der Waals surface area (Å²) < 4.78 is 1.55. The van der Waals surface area contributed by atoms with E-state index in [1.165, 1.54) is 11.8 Å². The van der Waals surface area contributed by atoms with Crippen molar-refractivity contribution in [2.75, 3.05) is 11.6 Å². The van der Waals surface area contributed by atoms with Crippen LogP contribution in [-0.2, 0) is 7.05 Å². The first-order chi connectivity index (χ1) is 12.8. The molecule has 0 fully saturated rings. The maximum atomic E-state index is 12.7. The monoisotopic (exact) mass is 383 g/mol. The second-order valence-electron chi connectivity index (χ2n) is 6.43. The third kappa shape index (κ3) is 3.55.